The van der Waals surface area contributed by atoms with E-state index in [1.165, 1.54) is 6.20 Å². The quantitative estimate of drug-likeness (QED) is 0.485. The lowest BCUT2D eigenvalue weighted by Crippen LogP contribution is -2.28. The minimum absolute atomic E-state index is 0.0108. The summed E-state index contributed by atoms with van der Waals surface area (Å²) in [4.78, 5) is 26.2. The molecule has 0 spiro atoms. The number of nitro groups is 1. The number of nitrogens with zero attached hydrogens (tertiary/aromatic N) is 2. The summed E-state index contributed by atoms with van der Waals surface area (Å²) >= 11 is 0. The molecule has 1 amide bonds. The van der Waals surface area contributed by atoms with Crippen molar-refractivity contribution in [1.29, 1.82) is 0 Å². The third-order valence-electron chi connectivity index (χ3n) is 3.28. The number of nitrogens with one attached hydrogen (secondary N) is 2. The van der Waals surface area contributed by atoms with E-state index in [-0.39, 0.29) is 11.6 Å². The van der Waals surface area contributed by atoms with Gasteiger partial charge in [-0.25, -0.2) is 4.98 Å². The van der Waals surface area contributed by atoms with Gasteiger partial charge in [0.05, 0.1) is 4.92 Å². The highest BCUT2D eigenvalue weighted by Gasteiger charge is 2.11. The molecule has 0 aliphatic heterocycles. The maximum atomic E-state index is 12.0. The Labute approximate surface area is 133 Å². The fourth-order valence-corrected chi connectivity index (χ4v) is 2.09. The number of pyridine rings is 1. The van der Waals surface area contributed by atoms with Gasteiger partial charge >= 0.3 is 0 Å². The Bertz CT molecular complexity index is 731. The summed E-state index contributed by atoms with van der Waals surface area (Å²) in [6.45, 7) is 4.48. The first-order valence-electron chi connectivity index (χ1n) is 7.17. The second-order valence-electron chi connectivity index (χ2n) is 5.17. The number of amides is 1. The van der Waals surface area contributed by atoms with Crippen molar-refractivity contribution in [2.45, 2.75) is 13.8 Å². The Morgan fingerprint density at radius 2 is 2.04 bits per heavy atom. The Kier molecular flexibility index (Phi) is 5.24. The predicted octanol–water partition coefficient (Wildman–Crippen LogP) is 2.45. The SMILES string of the molecule is Cc1cccc(C(=O)NCCNc2cc(C)c([N+](=O)[O-])cn2)c1. The van der Waals surface area contributed by atoms with E-state index in [1.54, 1.807) is 19.1 Å². The fourth-order valence-electron chi connectivity index (χ4n) is 2.09. The van der Waals surface area contributed by atoms with E-state index in [9.17, 15) is 14.9 Å². The van der Waals surface area contributed by atoms with Gasteiger partial charge in [-0.2, -0.15) is 0 Å². The van der Waals surface area contributed by atoms with Gasteiger partial charge in [-0.3, -0.25) is 14.9 Å². The third-order valence-corrected chi connectivity index (χ3v) is 3.28. The second-order valence-corrected chi connectivity index (χ2v) is 5.17. The van der Waals surface area contributed by atoms with Crippen molar-refractivity contribution < 1.29 is 9.72 Å². The monoisotopic (exact) mass is 314 g/mol. The molecule has 1 heterocycles. The standard InChI is InChI=1S/C16H18N4O3/c1-11-4-3-5-13(8-11)16(21)18-7-6-17-15-9-12(2)14(10-19-15)20(22)23/h3-5,8-10H,6-7H2,1-2H3,(H,17,19)(H,18,21). The average Bonchev–Trinajstić information content (AvgIpc) is 2.51. The van der Waals surface area contributed by atoms with E-state index in [1.807, 2.05) is 25.1 Å². The topological polar surface area (TPSA) is 97.2 Å². The summed E-state index contributed by atoms with van der Waals surface area (Å²) in [6, 6.07) is 8.97. The minimum Gasteiger partial charge on any atom is -0.368 e. The lowest BCUT2D eigenvalue weighted by molar-refractivity contribution is -0.385. The highest BCUT2D eigenvalue weighted by atomic mass is 16.6. The number of carbonyl (C=O) groups is 1. The summed E-state index contributed by atoms with van der Waals surface area (Å²) in [5, 5.41) is 16.5. The summed E-state index contributed by atoms with van der Waals surface area (Å²) in [5.74, 6) is 0.404. The minimum atomic E-state index is -0.464. The lowest BCUT2D eigenvalue weighted by atomic mass is 10.1. The Balaban J connectivity index is 1.82. The Morgan fingerprint density at radius 3 is 2.70 bits per heavy atom. The zero-order chi connectivity index (χ0) is 16.8. The molecule has 0 atom stereocenters. The first-order chi connectivity index (χ1) is 11.0. The highest BCUT2D eigenvalue weighted by Crippen LogP contribution is 2.18. The molecule has 1 aromatic carbocycles. The molecular formula is C16H18N4O3. The van der Waals surface area contributed by atoms with Gasteiger partial charge in [0.2, 0.25) is 0 Å². The molecule has 0 bridgehead atoms. The smallest absolute Gasteiger partial charge is 0.290 e. The molecule has 0 radical (unpaired) electrons. The van der Waals surface area contributed by atoms with Gasteiger partial charge in [-0.15, -0.1) is 0 Å². The molecule has 1 aromatic heterocycles. The van der Waals surface area contributed by atoms with Crippen molar-refractivity contribution in [3.05, 3.63) is 63.3 Å². The molecule has 2 aromatic rings. The molecule has 0 aliphatic carbocycles. The molecule has 0 saturated heterocycles. The van der Waals surface area contributed by atoms with Crippen molar-refractivity contribution in [1.82, 2.24) is 10.3 Å². The van der Waals surface area contributed by atoms with Gasteiger partial charge in [0.15, 0.2) is 0 Å². The number of hydrogen-bond acceptors (Lipinski definition) is 5. The molecule has 7 nitrogen and oxygen atoms in total. The van der Waals surface area contributed by atoms with Crippen LogP contribution in [0.15, 0.2) is 36.5 Å². The predicted molar refractivity (Wildman–Crippen MR) is 87.6 cm³/mol. The number of carbonyl (C=O) groups excluding carboxylic acids is 1. The van der Waals surface area contributed by atoms with Gasteiger partial charge in [-0.1, -0.05) is 17.7 Å². The number of aryl methyl sites for hydroxylation is 2. The van der Waals surface area contributed by atoms with E-state index < -0.39 is 4.92 Å². The maximum absolute atomic E-state index is 12.0. The van der Waals surface area contributed by atoms with Gasteiger partial charge < -0.3 is 10.6 Å². The fraction of sp³-hybridized carbons (Fsp3) is 0.250. The normalized spacial score (nSPS) is 10.2. The molecule has 0 fully saturated rings. The molecule has 2 N–H and O–H groups in total. The van der Waals surface area contributed by atoms with Crippen LogP contribution in [0.5, 0.6) is 0 Å². The van der Waals surface area contributed by atoms with E-state index in [0.29, 0.717) is 30.0 Å². The van der Waals surface area contributed by atoms with Crippen LogP contribution in [-0.4, -0.2) is 28.9 Å². The van der Waals surface area contributed by atoms with E-state index in [0.717, 1.165) is 5.56 Å². The summed E-state index contributed by atoms with van der Waals surface area (Å²) in [7, 11) is 0. The van der Waals surface area contributed by atoms with Crippen LogP contribution in [0.2, 0.25) is 0 Å². The molecule has 0 saturated carbocycles. The summed E-state index contributed by atoms with van der Waals surface area (Å²) in [5.41, 5.74) is 2.18. The molecular weight excluding hydrogens is 296 g/mol. The van der Waals surface area contributed by atoms with Crippen LogP contribution >= 0.6 is 0 Å². The van der Waals surface area contributed by atoms with Crippen molar-refractivity contribution in [2.24, 2.45) is 0 Å². The van der Waals surface area contributed by atoms with Crippen LogP contribution in [0.3, 0.4) is 0 Å². The van der Waals surface area contributed by atoms with Crippen molar-refractivity contribution in [2.75, 3.05) is 18.4 Å². The first kappa shape index (κ1) is 16.4. The molecule has 23 heavy (non-hydrogen) atoms. The van der Waals surface area contributed by atoms with Crippen LogP contribution in [-0.2, 0) is 0 Å². The summed E-state index contributed by atoms with van der Waals surface area (Å²) in [6.07, 6.45) is 1.23. The zero-order valence-electron chi connectivity index (χ0n) is 13.0. The zero-order valence-corrected chi connectivity index (χ0v) is 13.0. The Morgan fingerprint density at radius 1 is 1.26 bits per heavy atom. The molecule has 120 valence electrons. The van der Waals surface area contributed by atoms with Crippen LogP contribution < -0.4 is 10.6 Å². The van der Waals surface area contributed by atoms with Crippen LogP contribution in [0.4, 0.5) is 11.5 Å². The average molecular weight is 314 g/mol. The third kappa shape index (κ3) is 4.50. The van der Waals surface area contributed by atoms with Crippen molar-refractivity contribution in [3.63, 3.8) is 0 Å². The number of benzene rings is 1. The van der Waals surface area contributed by atoms with Gasteiger partial charge in [0, 0.05) is 24.2 Å². The van der Waals surface area contributed by atoms with Gasteiger partial charge in [0.25, 0.3) is 11.6 Å². The first-order valence-corrected chi connectivity index (χ1v) is 7.17. The van der Waals surface area contributed by atoms with E-state index >= 15 is 0 Å². The molecule has 7 heteroatoms. The highest BCUT2D eigenvalue weighted by molar-refractivity contribution is 5.94. The number of rotatable bonds is 6. The number of aromatic nitrogens is 1. The van der Waals surface area contributed by atoms with Crippen molar-refractivity contribution >= 4 is 17.4 Å². The number of hydrogen-bond donors (Lipinski definition) is 2. The number of anilines is 1. The molecule has 0 aliphatic rings. The van der Waals surface area contributed by atoms with Crippen LogP contribution in [0, 0.1) is 24.0 Å². The summed E-state index contributed by atoms with van der Waals surface area (Å²) < 4.78 is 0. The van der Waals surface area contributed by atoms with Crippen LogP contribution in [0.25, 0.3) is 0 Å². The van der Waals surface area contributed by atoms with E-state index in [2.05, 4.69) is 15.6 Å². The van der Waals surface area contributed by atoms with Crippen molar-refractivity contribution in [3.8, 4) is 0 Å². The lowest BCUT2D eigenvalue weighted by Gasteiger charge is -2.08. The largest absolute Gasteiger partial charge is 0.368 e. The Hall–Kier alpha value is -2.96. The van der Waals surface area contributed by atoms with Gasteiger partial charge in [-0.05, 0) is 32.0 Å². The second kappa shape index (κ2) is 7.35. The van der Waals surface area contributed by atoms with Crippen LogP contribution in [0.1, 0.15) is 21.5 Å². The van der Waals surface area contributed by atoms with Gasteiger partial charge in [0.1, 0.15) is 12.0 Å². The van der Waals surface area contributed by atoms with E-state index in [4.69, 9.17) is 0 Å². The maximum Gasteiger partial charge on any atom is 0.290 e. The molecule has 2 rings (SSSR count). The molecule has 0 unspecified atom stereocenters.